The topological polar surface area (TPSA) is 64.4 Å². The van der Waals surface area contributed by atoms with E-state index in [1.807, 2.05) is 31.2 Å². The SMILES string of the molecule is CCOc1nc2ccccc2n1CCC(=O)O. The zero-order valence-electron chi connectivity index (χ0n) is 9.59. The maximum atomic E-state index is 10.6. The molecule has 0 aliphatic heterocycles. The highest BCUT2D eigenvalue weighted by Gasteiger charge is 2.11. The Morgan fingerprint density at radius 2 is 2.24 bits per heavy atom. The highest BCUT2D eigenvalue weighted by Crippen LogP contribution is 2.21. The van der Waals surface area contributed by atoms with Crippen LogP contribution in [0.5, 0.6) is 6.01 Å². The average molecular weight is 234 g/mol. The largest absolute Gasteiger partial charge is 0.481 e. The molecule has 0 aliphatic carbocycles. The molecule has 1 aromatic carbocycles. The summed E-state index contributed by atoms with van der Waals surface area (Å²) in [6, 6.07) is 8.07. The predicted octanol–water partition coefficient (Wildman–Crippen LogP) is 1.91. The van der Waals surface area contributed by atoms with Crippen LogP contribution in [0.1, 0.15) is 13.3 Å². The van der Waals surface area contributed by atoms with Crippen LogP contribution in [0.4, 0.5) is 0 Å². The van der Waals surface area contributed by atoms with E-state index in [2.05, 4.69) is 4.98 Å². The van der Waals surface area contributed by atoms with Crippen molar-refractivity contribution in [2.24, 2.45) is 0 Å². The van der Waals surface area contributed by atoms with E-state index in [9.17, 15) is 4.79 Å². The van der Waals surface area contributed by atoms with Gasteiger partial charge in [0.1, 0.15) is 0 Å². The van der Waals surface area contributed by atoms with Crippen LogP contribution in [-0.2, 0) is 11.3 Å². The van der Waals surface area contributed by atoms with Crippen LogP contribution < -0.4 is 4.74 Å². The lowest BCUT2D eigenvalue weighted by Gasteiger charge is -2.06. The van der Waals surface area contributed by atoms with Crippen molar-refractivity contribution in [3.05, 3.63) is 24.3 Å². The molecule has 0 radical (unpaired) electrons. The van der Waals surface area contributed by atoms with Gasteiger partial charge in [0.25, 0.3) is 6.01 Å². The minimum atomic E-state index is -0.828. The van der Waals surface area contributed by atoms with Crippen molar-refractivity contribution in [3.63, 3.8) is 0 Å². The molecular formula is C12H14N2O3. The minimum Gasteiger partial charge on any atom is -0.481 e. The van der Waals surface area contributed by atoms with Crippen molar-refractivity contribution in [1.29, 1.82) is 0 Å². The van der Waals surface area contributed by atoms with Crippen LogP contribution in [0.25, 0.3) is 11.0 Å². The molecule has 17 heavy (non-hydrogen) atoms. The van der Waals surface area contributed by atoms with Crippen LogP contribution in [0, 0.1) is 0 Å². The van der Waals surface area contributed by atoms with Crippen molar-refractivity contribution in [2.45, 2.75) is 19.9 Å². The number of aryl methyl sites for hydroxylation is 1. The Morgan fingerprint density at radius 1 is 1.47 bits per heavy atom. The molecule has 0 spiro atoms. The number of aromatic nitrogens is 2. The standard InChI is InChI=1S/C12H14N2O3/c1-2-17-12-13-9-5-3-4-6-10(9)14(12)8-7-11(15)16/h3-6H,2,7-8H2,1H3,(H,15,16). The molecule has 5 nitrogen and oxygen atoms in total. The molecule has 0 unspecified atom stereocenters. The Hall–Kier alpha value is -2.04. The van der Waals surface area contributed by atoms with Gasteiger partial charge in [-0.15, -0.1) is 0 Å². The third kappa shape index (κ3) is 2.38. The average Bonchev–Trinajstić information content (AvgIpc) is 2.64. The third-order valence-corrected chi connectivity index (χ3v) is 2.44. The zero-order chi connectivity index (χ0) is 12.3. The van der Waals surface area contributed by atoms with E-state index in [0.29, 0.717) is 19.2 Å². The lowest BCUT2D eigenvalue weighted by atomic mass is 10.3. The van der Waals surface area contributed by atoms with Gasteiger partial charge in [-0.25, -0.2) is 0 Å². The quantitative estimate of drug-likeness (QED) is 0.858. The van der Waals surface area contributed by atoms with Gasteiger partial charge in [-0.05, 0) is 19.1 Å². The number of carbonyl (C=O) groups is 1. The maximum absolute atomic E-state index is 10.6. The molecule has 0 amide bonds. The number of ether oxygens (including phenoxy) is 1. The number of rotatable bonds is 5. The van der Waals surface area contributed by atoms with E-state index in [1.54, 1.807) is 4.57 Å². The molecule has 0 aliphatic rings. The molecule has 0 bridgehead atoms. The summed E-state index contributed by atoms with van der Waals surface area (Å²) in [5.41, 5.74) is 1.72. The van der Waals surface area contributed by atoms with Crippen LogP contribution in [-0.4, -0.2) is 27.2 Å². The molecule has 90 valence electrons. The van der Waals surface area contributed by atoms with Crippen molar-refractivity contribution in [2.75, 3.05) is 6.61 Å². The van der Waals surface area contributed by atoms with Gasteiger partial charge in [0.15, 0.2) is 0 Å². The molecule has 0 saturated heterocycles. The Kier molecular flexibility index (Phi) is 3.27. The molecule has 2 rings (SSSR count). The summed E-state index contributed by atoms with van der Waals surface area (Å²) in [6.07, 6.45) is 0.0560. The molecule has 1 heterocycles. The Labute approximate surface area is 98.6 Å². The second kappa shape index (κ2) is 4.86. The van der Waals surface area contributed by atoms with E-state index in [-0.39, 0.29) is 6.42 Å². The number of hydrogen-bond acceptors (Lipinski definition) is 3. The Bertz CT molecular complexity index is 534. The summed E-state index contributed by atoms with van der Waals surface area (Å²) >= 11 is 0. The molecule has 0 fully saturated rings. The first-order valence-electron chi connectivity index (χ1n) is 5.52. The van der Waals surface area contributed by atoms with E-state index >= 15 is 0 Å². The smallest absolute Gasteiger partial charge is 0.305 e. The van der Waals surface area contributed by atoms with Gasteiger partial charge >= 0.3 is 5.97 Å². The van der Waals surface area contributed by atoms with Crippen LogP contribution in [0.15, 0.2) is 24.3 Å². The second-order valence-corrected chi connectivity index (χ2v) is 3.61. The van der Waals surface area contributed by atoms with Crippen LogP contribution in [0.3, 0.4) is 0 Å². The number of hydrogen-bond donors (Lipinski definition) is 1. The van der Waals surface area contributed by atoms with Gasteiger partial charge in [-0.1, -0.05) is 12.1 Å². The lowest BCUT2D eigenvalue weighted by molar-refractivity contribution is -0.137. The molecule has 0 atom stereocenters. The fourth-order valence-electron chi connectivity index (χ4n) is 1.72. The summed E-state index contributed by atoms with van der Waals surface area (Å²) < 4.78 is 7.21. The fourth-order valence-corrected chi connectivity index (χ4v) is 1.72. The monoisotopic (exact) mass is 234 g/mol. The van der Waals surface area contributed by atoms with Gasteiger partial charge in [0, 0.05) is 6.54 Å². The molecule has 1 N–H and O–H groups in total. The zero-order valence-corrected chi connectivity index (χ0v) is 9.59. The Balaban J connectivity index is 2.40. The maximum Gasteiger partial charge on any atom is 0.305 e. The van der Waals surface area contributed by atoms with E-state index in [1.165, 1.54) is 0 Å². The third-order valence-electron chi connectivity index (χ3n) is 2.44. The number of benzene rings is 1. The number of aliphatic carboxylic acids is 1. The summed E-state index contributed by atoms with van der Waals surface area (Å²) in [4.78, 5) is 15.0. The number of carboxylic acid groups (broad SMARTS) is 1. The van der Waals surface area contributed by atoms with Crippen molar-refractivity contribution in [1.82, 2.24) is 9.55 Å². The van der Waals surface area contributed by atoms with Crippen LogP contribution in [0.2, 0.25) is 0 Å². The van der Waals surface area contributed by atoms with Crippen molar-refractivity contribution < 1.29 is 14.6 Å². The number of imidazole rings is 1. The highest BCUT2D eigenvalue weighted by molar-refractivity contribution is 5.77. The number of fused-ring (bicyclic) bond motifs is 1. The minimum absolute atomic E-state index is 0.0560. The first-order valence-corrected chi connectivity index (χ1v) is 5.52. The van der Waals surface area contributed by atoms with Gasteiger partial charge in [-0.2, -0.15) is 4.98 Å². The first-order chi connectivity index (χ1) is 8.22. The molecule has 0 saturated carbocycles. The van der Waals surface area contributed by atoms with Gasteiger partial charge in [-0.3, -0.25) is 9.36 Å². The number of nitrogens with zero attached hydrogens (tertiary/aromatic N) is 2. The van der Waals surface area contributed by atoms with E-state index in [4.69, 9.17) is 9.84 Å². The lowest BCUT2D eigenvalue weighted by Crippen LogP contribution is -2.07. The molecule has 1 aromatic heterocycles. The van der Waals surface area contributed by atoms with Gasteiger partial charge in [0.2, 0.25) is 0 Å². The normalized spacial score (nSPS) is 10.6. The summed E-state index contributed by atoms with van der Waals surface area (Å²) in [5.74, 6) is -0.828. The Morgan fingerprint density at radius 3 is 2.94 bits per heavy atom. The fraction of sp³-hybridized carbons (Fsp3) is 0.333. The number of carboxylic acids is 1. The van der Waals surface area contributed by atoms with Crippen molar-refractivity contribution in [3.8, 4) is 6.01 Å². The number of para-hydroxylation sites is 2. The molecule has 5 heteroatoms. The first kappa shape index (κ1) is 11.4. The molecular weight excluding hydrogens is 220 g/mol. The van der Waals surface area contributed by atoms with Crippen molar-refractivity contribution >= 4 is 17.0 Å². The van der Waals surface area contributed by atoms with Gasteiger partial charge < -0.3 is 9.84 Å². The van der Waals surface area contributed by atoms with Gasteiger partial charge in [0.05, 0.1) is 24.1 Å². The molecule has 2 aromatic rings. The van der Waals surface area contributed by atoms with Crippen LogP contribution >= 0.6 is 0 Å². The highest BCUT2D eigenvalue weighted by atomic mass is 16.5. The summed E-state index contributed by atoms with van der Waals surface area (Å²) in [6.45, 7) is 2.75. The van der Waals surface area contributed by atoms with E-state index < -0.39 is 5.97 Å². The summed E-state index contributed by atoms with van der Waals surface area (Å²) in [5, 5.41) is 8.73. The predicted molar refractivity (Wildman–Crippen MR) is 63.2 cm³/mol. The second-order valence-electron chi connectivity index (χ2n) is 3.61. The van der Waals surface area contributed by atoms with E-state index in [0.717, 1.165) is 11.0 Å². The summed E-state index contributed by atoms with van der Waals surface area (Å²) in [7, 11) is 0.